The van der Waals surface area contributed by atoms with Crippen LogP contribution in [0.15, 0.2) is 60.8 Å². The van der Waals surface area contributed by atoms with Crippen molar-refractivity contribution >= 4 is 22.5 Å². The molecule has 25 heavy (non-hydrogen) atoms. The molecule has 5 heteroatoms. The molecule has 0 unspecified atom stereocenters. The van der Waals surface area contributed by atoms with Gasteiger partial charge in [0, 0.05) is 25.2 Å². The van der Waals surface area contributed by atoms with E-state index in [2.05, 4.69) is 33.4 Å². The smallest absolute Gasteiger partial charge is 0.262 e. The van der Waals surface area contributed by atoms with Gasteiger partial charge in [-0.3, -0.25) is 9.78 Å². The summed E-state index contributed by atoms with van der Waals surface area (Å²) in [5.41, 5.74) is 3.12. The number of hydrogen-bond donors (Lipinski definition) is 1. The minimum absolute atomic E-state index is 0.115. The maximum Gasteiger partial charge on any atom is 0.262 e. The van der Waals surface area contributed by atoms with Gasteiger partial charge in [-0.15, -0.1) is 0 Å². The number of rotatable bonds is 3. The number of para-hydroxylation sites is 3. The predicted octanol–water partition coefficient (Wildman–Crippen LogP) is 2.75. The Morgan fingerprint density at radius 2 is 2.04 bits per heavy atom. The standard InChI is InChI=1S/C20H19N3O2/c1-21-20(24)18-13-23(16-9-2-3-10-17(16)25-18)12-15-7-4-6-14-8-5-11-22-19(14)15/h2-11,18H,12-13H2,1H3,(H,21,24)/t18-/m0/s1. The lowest BCUT2D eigenvalue weighted by Crippen LogP contribution is -2.47. The van der Waals surface area contributed by atoms with E-state index >= 15 is 0 Å². The lowest BCUT2D eigenvalue weighted by Gasteiger charge is -2.35. The predicted molar refractivity (Wildman–Crippen MR) is 97.7 cm³/mol. The first-order chi connectivity index (χ1) is 12.3. The van der Waals surface area contributed by atoms with Crippen LogP contribution >= 0.6 is 0 Å². The second kappa shape index (κ2) is 6.43. The van der Waals surface area contributed by atoms with Crippen LogP contribution in [0.5, 0.6) is 5.75 Å². The molecule has 5 nitrogen and oxygen atoms in total. The molecule has 0 aliphatic carbocycles. The van der Waals surface area contributed by atoms with Crippen LogP contribution in [-0.2, 0) is 11.3 Å². The SMILES string of the molecule is CNC(=O)[C@@H]1CN(Cc2cccc3cccnc23)c2ccccc2O1. The molecule has 1 amide bonds. The number of aromatic nitrogens is 1. The largest absolute Gasteiger partial charge is 0.477 e. The van der Waals surface area contributed by atoms with Crippen molar-refractivity contribution in [2.45, 2.75) is 12.6 Å². The van der Waals surface area contributed by atoms with Gasteiger partial charge in [0.05, 0.1) is 17.7 Å². The van der Waals surface area contributed by atoms with Crippen molar-refractivity contribution in [2.75, 3.05) is 18.5 Å². The topological polar surface area (TPSA) is 54.5 Å². The Morgan fingerprint density at radius 1 is 1.20 bits per heavy atom. The normalized spacial score (nSPS) is 16.2. The van der Waals surface area contributed by atoms with E-state index in [4.69, 9.17) is 4.74 Å². The Hall–Kier alpha value is -3.08. The molecule has 126 valence electrons. The minimum Gasteiger partial charge on any atom is -0.477 e. The first kappa shape index (κ1) is 15.4. The molecule has 1 aliphatic rings. The molecule has 0 bridgehead atoms. The fraction of sp³-hybridized carbons (Fsp3) is 0.200. The van der Waals surface area contributed by atoms with Gasteiger partial charge >= 0.3 is 0 Å². The van der Waals surface area contributed by atoms with Crippen molar-refractivity contribution in [3.8, 4) is 5.75 Å². The van der Waals surface area contributed by atoms with Gasteiger partial charge in [-0.25, -0.2) is 0 Å². The number of anilines is 1. The van der Waals surface area contributed by atoms with E-state index in [1.165, 1.54) is 0 Å². The summed E-state index contributed by atoms with van der Waals surface area (Å²) in [5.74, 6) is 0.617. The number of nitrogens with zero attached hydrogens (tertiary/aromatic N) is 2. The summed E-state index contributed by atoms with van der Waals surface area (Å²) >= 11 is 0. The number of hydrogen-bond acceptors (Lipinski definition) is 4. The summed E-state index contributed by atoms with van der Waals surface area (Å²) in [7, 11) is 1.63. The van der Waals surface area contributed by atoms with Crippen LogP contribution in [0.2, 0.25) is 0 Å². The monoisotopic (exact) mass is 333 g/mol. The first-order valence-corrected chi connectivity index (χ1v) is 8.31. The van der Waals surface area contributed by atoms with Crippen molar-refractivity contribution in [3.05, 3.63) is 66.4 Å². The summed E-state index contributed by atoms with van der Waals surface area (Å²) < 4.78 is 5.87. The highest BCUT2D eigenvalue weighted by atomic mass is 16.5. The highest BCUT2D eigenvalue weighted by molar-refractivity contribution is 5.84. The molecule has 2 aromatic carbocycles. The van der Waals surface area contributed by atoms with Gasteiger partial charge in [0.2, 0.25) is 0 Å². The van der Waals surface area contributed by atoms with Gasteiger partial charge in [-0.1, -0.05) is 36.4 Å². The molecule has 1 N–H and O–H groups in total. The lowest BCUT2D eigenvalue weighted by atomic mass is 10.1. The molecule has 0 saturated carbocycles. The summed E-state index contributed by atoms with van der Waals surface area (Å²) in [6.45, 7) is 1.17. The maximum absolute atomic E-state index is 12.1. The zero-order valence-corrected chi connectivity index (χ0v) is 14.0. The molecule has 1 atom stereocenters. The molecule has 0 fully saturated rings. The van der Waals surface area contributed by atoms with Gasteiger partial charge in [-0.2, -0.15) is 0 Å². The number of carbonyl (C=O) groups excluding carboxylic acids is 1. The summed E-state index contributed by atoms with van der Waals surface area (Å²) in [6, 6.07) is 18.0. The van der Waals surface area contributed by atoms with Crippen molar-refractivity contribution < 1.29 is 9.53 Å². The lowest BCUT2D eigenvalue weighted by molar-refractivity contribution is -0.127. The summed E-state index contributed by atoms with van der Waals surface area (Å²) in [4.78, 5) is 18.8. The van der Waals surface area contributed by atoms with E-state index in [0.717, 1.165) is 27.9 Å². The first-order valence-electron chi connectivity index (χ1n) is 8.31. The number of benzene rings is 2. The third-order valence-electron chi connectivity index (χ3n) is 4.48. The number of nitrogens with one attached hydrogen (secondary N) is 1. The number of amides is 1. The van der Waals surface area contributed by atoms with Crippen molar-refractivity contribution in [2.24, 2.45) is 0 Å². The second-order valence-corrected chi connectivity index (χ2v) is 6.06. The Labute approximate surface area is 146 Å². The number of likely N-dealkylation sites (N-methyl/N-ethyl adjacent to an activating group) is 1. The van der Waals surface area contributed by atoms with Crippen LogP contribution in [0, 0.1) is 0 Å². The van der Waals surface area contributed by atoms with Gasteiger partial charge in [0.25, 0.3) is 5.91 Å². The van der Waals surface area contributed by atoms with Crippen LogP contribution in [0.25, 0.3) is 10.9 Å². The quantitative estimate of drug-likeness (QED) is 0.801. The van der Waals surface area contributed by atoms with E-state index in [-0.39, 0.29) is 5.91 Å². The van der Waals surface area contributed by atoms with Crippen LogP contribution in [0.4, 0.5) is 5.69 Å². The van der Waals surface area contributed by atoms with Gasteiger partial charge in [0.15, 0.2) is 6.10 Å². The zero-order chi connectivity index (χ0) is 17.2. The van der Waals surface area contributed by atoms with Crippen molar-refractivity contribution in [1.29, 1.82) is 0 Å². The van der Waals surface area contributed by atoms with Crippen LogP contribution < -0.4 is 15.0 Å². The summed E-state index contributed by atoms with van der Waals surface area (Å²) in [6.07, 6.45) is 1.29. The van der Waals surface area contributed by atoms with E-state index in [0.29, 0.717) is 13.1 Å². The molecule has 0 saturated heterocycles. The Kier molecular flexibility index (Phi) is 3.98. The number of pyridine rings is 1. The second-order valence-electron chi connectivity index (χ2n) is 6.06. The van der Waals surface area contributed by atoms with Crippen LogP contribution in [-0.4, -0.2) is 30.6 Å². The Morgan fingerprint density at radius 3 is 2.92 bits per heavy atom. The highest BCUT2D eigenvalue weighted by Gasteiger charge is 2.30. The Balaban J connectivity index is 1.72. The van der Waals surface area contributed by atoms with Gasteiger partial charge in [-0.05, 0) is 23.8 Å². The van der Waals surface area contributed by atoms with Gasteiger partial charge < -0.3 is 15.0 Å². The Bertz CT molecular complexity index is 920. The molecule has 1 aliphatic heterocycles. The third kappa shape index (κ3) is 2.89. The van der Waals surface area contributed by atoms with E-state index in [9.17, 15) is 4.79 Å². The van der Waals surface area contributed by atoms with E-state index < -0.39 is 6.10 Å². The number of fused-ring (bicyclic) bond motifs is 2. The van der Waals surface area contributed by atoms with Crippen LogP contribution in [0.3, 0.4) is 0 Å². The molecule has 2 heterocycles. The third-order valence-corrected chi connectivity index (χ3v) is 4.48. The maximum atomic E-state index is 12.1. The number of ether oxygens (including phenoxy) is 1. The fourth-order valence-corrected chi connectivity index (χ4v) is 3.25. The highest BCUT2D eigenvalue weighted by Crippen LogP contribution is 2.34. The van der Waals surface area contributed by atoms with Gasteiger partial charge in [0.1, 0.15) is 5.75 Å². The van der Waals surface area contributed by atoms with Crippen molar-refractivity contribution in [1.82, 2.24) is 10.3 Å². The summed E-state index contributed by atoms with van der Waals surface area (Å²) in [5, 5.41) is 3.79. The van der Waals surface area contributed by atoms with E-state index in [1.807, 2.05) is 42.6 Å². The van der Waals surface area contributed by atoms with Crippen LogP contribution in [0.1, 0.15) is 5.56 Å². The average Bonchev–Trinajstić information content (AvgIpc) is 2.67. The molecule has 0 radical (unpaired) electrons. The van der Waals surface area contributed by atoms with Crippen molar-refractivity contribution in [3.63, 3.8) is 0 Å². The zero-order valence-electron chi connectivity index (χ0n) is 14.0. The van der Waals surface area contributed by atoms with E-state index in [1.54, 1.807) is 7.05 Å². The minimum atomic E-state index is -0.525. The molecule has 0 spiro atoms. The molecule has 4 rings (SSSR count). The molecule has 1 aromatic heterocycles. The molecular formula is C20H19N3O2. The average molecular weight is 333 g/mol. The molecule has 3 aromatic rings. The fourth-order valence-electron chi connectivity index (χ4n) is 3.25. The number of carbonyl (C=O) groups is 1. The molecular weight excluding hydrogens is 314 g/mol.